The topological polar surface area (TPSA) is 80.0 Å². The molecule has 0 spiro atoms. The molecule has 1 aromatic heterocycles. The molecule has 1 aromatic rings. The first-order chi connectivity index (χ1) is 9.01. The summed E-state index contributed by atoms with van der Waals surface area (Å²) in [6.07, 6.45) is 2.06. The van der Waals surface area contributed by atoms with Crippen LogP contribution in [0.3, 0.4) is 0 Å². The summed E-state index contributed by atoms with van der Waals surface area (Å²) < 4.78 is 0. The zero-order valence-electron chi connectivity index (χ0n) is 11.5. The summed E-state index contributed by atoms with van der Waals surface area (Å²) in [6.45, 7) is 6.26. The van der Waals surface area contributed by atoms with E-state index in [9.17, 15) is 4.79 Å². The Balaban J connectivity index is 2.80. The number of carbonyl (C=O) groups excluding carboxylic acids is 1. The molecule has 1 unspecified atom stereocenters. The smallest absolute Gasteiger partial charge is 0.251 e. The van der Waals surface area contributed by atoms with Crippen molar-refractivity contribution < 1.29 is 4.79 Å². The van der Waals surface area contributed by atoms with Crippen LogP contribution in [0.2, 0.25) is 5.15 Å². The van der Waals surface area contributed by atoms with Gasteiger partial charge in [-0.05, 0) is 25.0 Å². The van der Waals surface area contributed by atoms with Crippen LogP contribution in [0.5, 0.6) is 0 Å². The summed E-state index contributed by atoms with van der Waals surface area (Å²) in [5, 5.41) is 3.21. The monoisotopic (exact) mass is 284 g/mol. The average molecular weight is 285 g/mol. The Morgan fingerprint density at radius 1 is 1.42 bits per heavy atom. The molecule has 106 valence electrons. The van der Waals surface area contributed by atoms with Gasteiger partial charge in [0.05, 0.1) is 0 Å². The second-order valence-corrected chi connectivity index (χ2v) is 4.93. The second-order valence-electron chi connectivity index (χ2n) is 4.55. The van der Waals surface area contributed by atoms with Gasteiger partial charge in [0, 0.05) is 11.6 Å². The molecule has 1 atom stereocenters. The van der Waals surface area contributed by atoms with Crippen LogP contribution in [0.15, 0.2) is 12.1 Å². The van der Waals surface area contributed by atoms with Gasteiger partial charge in [0.15, 0.2) is 0 Å². The summed E-state index contributed by atoms with van der Waals surface area (Å²) in [4.78, 5) is 16.1. The van der Waals surface area contributed by atoms with E-state index in [1.54, 1.807) is 6.07 Å². The number of nitrogen functional groups attached to an aromatic ring is 1. The molecule has 0 aliphatic carbocycles. The number of hydrogen-bond acceptors (Lipinski definition) is 4. The van der Waals surface area contributed by atoms with Crippen molar-refractivity contribution >= 4 is 23.3 Å². The number of nitrogens with zero attached hydrogens (tertiary/aromatic N) is 1. The Bertz CT molecular complexity index is 435. The summed E-state index contributed by atoms with van der Waals surface area (Å²) >= 11 is 5.84. The zero-order chi connectivity index (χ0) is 14.4. The van der Waals surface area contributed by atoms with Gasteiger partial charge in [-0.2, -0.15) is 0 Å². The van der Waals surface area contributed by atoms with Gasteiger partial charge in [-0.1, -0.05) is 38.3 Å². The van der Waals surface area contributed by atoms with Gasteiger partial charge in [0.2, 0.25) is 0 Å². The molecule has 0 aliphatic heterocycles. The highest BCUT2D eigenvalue weighted by molar-refractivity contribution is 6.29. The Hall–Kier alpha value is -1.33. The highest BCUT2D eigenvalue weighted by atomic mass is 35.5. The van der Waals surface area contributed by atoms with E-state index in [0.29, 0.717) is 17.3 Å². The number of aromatic nitrogens is 1. The Morgan fingerprint density at radius 3 is 2.58 bits per heavy atom. The molecule has 4 N–H and O–H groups in total. The molecule has 0 aliphatic rings. The lowest BCUT2D eigenvalue weighted by Crippen LogP contribution is -2.37. The predicted molar refractivity (Wildman–Crippen MR) is 78.1 cm³/mol. The van der Waals surface area contributed by atoms with Gasteiger partial charge in [-0.3, -0.25) is 4.79 Å². The van der Waals surface area contributed by atoms with Crippen LogP contribution < -0.4 is 16.6 Å². The average Bonchev–Trinajstić information content (AvgIpc) is 2.39. The summed E-state index contributed by atoms with van der Waals surface area (Å²) in [5.41, 5.74) is 2.84. The van der Waals surface area contributed by atoms with Crippen molar-refractivity contribution in [1.29, 1.82) is 0 Å². The number of amides is 1. The fraction of sp³-hybridized carbons (Fsp3) is 0.538. The fourth-order valence-electron chi connectivity index (χ4n) is 2.11. The third kappa shape index (κ3) is 4.36. The molecule has 0 aromatic carbocycles. The Labute approximate surface area is 118 Å². The number of hydrogen-bond donors (Lipinski definition) is 3. The standard InChI is InChI=1S/C13H21ClN4O/c1-4-9(5-2)8(3)16-13(19)10-6-11(14)17-12(7-10)18-15/h6-9H,4-5,15H2,1-3H3,(H,16,19)(H,17,18). The second kappa shape index (κ2) is 7.31. The third-order valence-corrected chi connectivity index (χ3v) is 3.51. The van der Waals surface area contributed by atoms with Crippen LogP contribution in [0.4, 0.5) is 5.82 Å². The highest BCUT2D eigenvalue weighted by Crippen LogP contribution is 2.16. The van der Waals surface area contributed by atoms with Crippen LogP contribution in [-0.4, -0.2) is 16.9 Å². The maximum Gasteiger partial charge on any atom is 0.251 e. The maximum atomic E-state index is 12.1. The van der Waals surface area contributed by atoms with E-state index < -0.39 is 0 Å². The first kappa shape index (κ1) is 15.7. The van der Waals surface area contributed by atoms with Crippen molar-refractivity contribution in [2.45, 2.75) is 39.7 Å². The number of nitrogens with two attached hydrogens (primary N) is 1. The predicted octanol–water partition coefficient (Wildman–Crippen LogP) is 2.58. The van der Waals surface area contributed by atoms with Crippen LogP contribution in [-0.2, 0) is 0 Å². The Morgan fingerprint density at radius 2 is 2.05 bits per heavy atom. The van der Waals surface area contributed by atoms with Crippen LogP contribution in [0.25, 0.3) is 0 Å². The van der Waals surface area contributed by atoms with Gasteiger partial charge < -0.3 is 10.7 Å². The van der Waals surface area contributed by atoms with E-state index in [0.717, 1.165) is 12.8 Å². The lowest BCUT2D eigenvalue weighted by atomic mass is 9.95. The van der Waals surface area contributed by atoms with Crippen molar-refractivity contribution in [3.8, 4) is 0 Å². The number of rotatable bonds is 6. The van der Waals surface area contributed by atoms with Crippen molar-refractivity contribution in [2.75, 3.05) is 5.43 Å². The van der Waals surface area contributed by atoms with Gasteiger partial charge in [-0.15, -0.1) is 0 Å². The van der Waals surface area contributed by atoms with Crippen LogP contribution >= 0.6 is 11.6 Å². The fourth-order valence-corrected chi connectivity index (χ4v) is 2.31. The molecule has 1 rings (SSSR count). The van der Waals surface area contributed by atoms with E-state index in [4.69, 9.17) is 17.4 Å². The zero-order valence-corrected chi connectivity index (χ0v) is 12.3. The molecule has 6 heteroatoms. The van der Waals surface area contributed by atoms with E-state index in [-0.39, 0.29) is 17.1 Å². The van der Waals surface area contributed by atoms with Crippen LogP contribution in [0.1, 0.15) is 44.0 Å². The van der Waals surface area contributed by atoms with E-state index in [1.807, 2.05) is 6.92 Å². The molecule has 1 heterocycles. The molecular weight excluding hydrogens is 264 g/mol. The van der Waals surface area contributed by atoms with Gasteiger partial charge in [0.1, 0.15) is 11.0 Å². The number of nitrogens with one attached hydrogen (secondary N) is 2. The first-order valence-corrected chi connectivity index (χ1v) is 6.84. The van der Waals surface area contributed by atoms with Crippen LogP contribution in [0, 0.1) is 5.92 Å². The molecule has 19 heavy (non-hydrogen) atoms. The number of pyridine rings is 1. The van der Waals surface area contributed by atoms with Crippen molar-refractivity contribution in [1.82, 2.24) is 10.3 Å². The molecule has 0 radical (unpaired) electrons. The van der Waals surface area contributed by atoms with E-state index in [2.05, 4.69) is 29.6 Å². The minimum atomic E-state index is -0.166. The quantitative estimate of drug-likeness (QED) is 0.426. The van der Waals surface area contributed by atoms with Gasteiger partial charge >= 0.3 is 0 Å². The van der Waals surface area contributed by atoms with Crippen molar-refractivity contribution in [3.63, 3.8) is 0 Å². The van der Waals surface area contributed by atoms with Crippen molar-refractivity contribution in [2.24, 2.45) is 11.8 Å². The number of anilines is 1. The van der Waals surface area contributed by atoms with E-state index in [1.165, 1.54) is 6.07 Å². The summed E-state index contributed by atoms with van der Waals surface area (Å²) in [5.74, 6) is 5.95. The number of hydrazine groups is 1. The Kier molecular flexibility index (Phi) is 6.05. The van der Waals surface area contributed by atoms with Gasteiger partial charge in [0.25, 0.3) is 5.91 Å². The third-order valence-electron chi connectivity index (χ3n) is 3.32. The first-order valence-electron chi connectivity index (χ1n) is 6.46. The van der Waals surface area contributed by atoms with Crippen molar-refractivity contribution in [3.05, 3.63) is 22.8 Å². The largest absolute Gasteiger partial charge is 0.349 e. The summed E-state index contributed by atoms with van der Waals surface area (Å²) in [6, 6.07) is 3.21. The molecule has 1 amide bonds. The molecule has 0 saturated carbocycles. The SMILES string of the molecule is CCC(CC)C(C)NC(=O)c1cc(Cl)nc(NN)c1. The normalized spacial score (nSPS) is 12.3. The van der Waals surface area contributed by atoms with Gasteiger partial charge in [-0.25, -0.2) is 10.8 Å². The lowest BCUT2D eigenvalue weighted by molar-refractivity contribution is 0.0925. The number of halogens is 1. The number of carbonyl (C=O) groups is 1. The van der Waals surface area contributed by atoms with E-state index >= 15 is 0 Å². The molecule has 0 fully saturated rings. The molecule has 0 bridgehead atoms. The minimum absolute atomic E-state index is 0.115. The minimum Gasteiger partial charge on any atom is -0.349 e. The summed E-state index contributed by atoms with van der Waals surface area (Å²) in [7, 11) is 0. The lowest BCUT2D eigenvalue weighted by Gasteiger charge is -2.22. The molecule has 0 saturated heterocycles. The molecular formula is C13H21ClN4O. The maximum absolute atomic E-state index is 12.1. The molecule has 5 nitrogen and oxygen atoms in total. The highest BCUT2D eigenvalue weighted by Gasteiger charge is 2.17.